The van der Waals surface area contributed by atoms with Crippen LogP contribution >= 0.6 is 0 Å². The third-order valence-electron chi connectivity index (χ3n) is 2.10. The minimum absolute atomic E-state index is 0.0452. The van der Waals surface area contributed by atoms with Crippen molar-refractivity contribution < 1.29 is 19.1 Å². The fourth-order valence-electron chi connectivity index (χ4n) is 1.16. The fourth-order valence-corrected chi connectivity index (χ4v) is 1.16. The molecule has 1 aromatic carbocycles. The van der Waals surface area contributed by atoms with Crippen LogP contribution < -0.4 is 5.32 Å². The molecule has 0 unspecified atom stereocenters. The Hall–Kier alpha value is -1.95. The molecule has 1 rings (SSSR count). The van der Waals surface area contributed by atoms with Gasteiger partial charge in [0.1, 0.15) is 5.82 Å². The number of halogens is 1. The first kappa shape index (κ1) is 13.1. The maximum atomic E-state index is 13.2. The van der Waals surface area contributed by atoms with Crippen molar-refractivity contribution in [1.82, 2.24) is 4.90 Å². The fraction of sp³-hybridized carbons (Fsp3) is 0.273. The first-order valence-electron chi connectivity index (χ1n) is 4.98. The molecule has 2 N–H and O–H groups in total. The van der Waals surface area contributed by atoms with Crippen LogP contribution in [0.5, 0.6) is 0 Å². The van der Waals surface area contributed by atoms with E-state index in [1.54, 1.807) is 6.07 Å². The van der Waals surface area contributed by atoms with Crippen LogP contribution in [0.4, 0.5) is 10.1 Å². The molecule has 0 atom stereocenters. The average molecular weight is 240 g/mol. The molecule has 1 aromatic rings. The van der Waals surface area contributed by atoms with E-state index in [0.29, 0.717) is 0 Å². The van der Waals surface area contributed by atoms with Gasteiger partial charge >= 0.3 is 11.8 Å². The summed E-state index contributed by atoms with van der Waals surface area (Å²) in [7, 11) is 1.37. The topological polar surface area (TPSA) is 69.6 Å². The summed E-state index contributed by atoms with van der Waals surface area (Å²) in [6, 6.07) is 5.55. The Morgan fingerprint density at radius 3 is 2.65 bits per heavy atom. The summed E-state index contributed by atoms with van der Waals surface area (Å²) in [6.45, 7) is -0.196. The number of carbonyl (C=O) groups is 2. The molecule has 0 aliphatic rings. The summed E-state index contributed by atoms with van der Waals surface area (Å²) in [5.74, 6) is -2.38. The largest absolute Gasteiger partial charge is 0.395 e. The van der Waals surface area contributed by atoms with E-state index in [1.807, 2.05) is 0 Å². The molecule has 0 spiro atoms. The highest BCUT2D eigenvalue weighted by atomic mass is 19.1. The van der Waals surface area contributed by atoms with Crippen molar-refractivity contribution in [2.24, 2.45) is 0 Å². The molecule has 0 fully saturated rings. The highest BCUT2D eigenvalue weighted by Crippen LogP contribution is 2.12. The number of nitrogens with zero attached hydrogens (tertiary/aromatic N) is 1. The standard InChI is InChI=1S/C11H13FN2O3/c1-14(6-7-15)11(17)10(16)13-9-5-3-2-4-8(9)12/h2-5,15H,6-7H2,1H3,(H,13,16). The molecule has 0 aliphatic carbocycles. The monoisotopic (exact) mass is 240 g/mol. The van der Waals surface area contributed by atoms with Crippen LogP contribution in [0.15, 0.2) is 24.3 Å². The number of rotatable bonds is 3. The molecule has 0 aliphatic heterocycles. The zero-order chi connectivity index (χ0) is 12.8. The molecule has 6 heteroatoms. The van der Waals surface area contributed by atoms with Crippen molar-refractivity contribution in [2.75, 3.05) is 25.5 Å². The summed E-state index contributed by atoms with van der Waals surface area (Å²) < 4.78 is 13.2. The van der Waals surface area contributed by atoms with E-state index >= 15 is 0 Å². The molecule has 2 amide bonds. The third-order valence-corrected chi connectivity index (χ3v) is 2.10. The second kappa shape index (κ2) is 5.95. The van der Waals surface area contributed by atoms with Crippen LogP contribution in [0.3, 0.4) is 0 Å². The Labute approximate surface area is 97.8 Å². The van der Waals surface area contributed by atoms with Gasteiger partial charge < -0.3 is 15.3 Å². The smallest absolute Gasteiger partial charge is 0.313 e. The molecule has 92 valence electrons. The highest BCUT2D eigenvalue weighted by Gasteiger charge is 2.19. The molecule has 0 bridgehead atoms. The lowest BCUT2D eigenvalue weighted by molar-refractivity contribution is -0.142. The van der Waals surface area contributed by atoms with Gasteiger partial charge in [-0.25, -0.2) is 4.39 Å². The number of para-hydroxylation sites is 1. The van der Waals surface area contributed by atoms with Crippen molar-refractivity contribution in [3.8, 4) is 0 Å². The number of aliphatic hydroxyl groups is 1. The number of carbonyl (C=O) groups excluding carboxylic acids is 2. The van der Waals surface area contributed by atoms with E-state index in [4.69, 9.17) is 5.11 Å². The van der Waals surface area contributed by atoms with Gasteiger partial charge in [-0.15, -0.1) is 0 Å². The van der Waals surface area contributed by atoms with E-state index in [-0.39, 0.29) is 18.8 Å². The van der Waals surface area contributed by atoms with Crippen molar-refractivity contribution in [2.45, 2.75) is 0 Å². The number of nitrogens with one attached hydrogen (secondary N) is 1. The van der Waals surface area contributed by atoms with Crippen molar-refractivity contribution >= 4 is 17.5 Å². The second-order valence-corrected chi connectivity index (χ2v) is 3.38. The number of amides is 2. The van der Waals surface area contributed by atoms with Gasteiger partial charge in [-0.05, 0) is 12.1 Å². The van der Waals surface area contributed by atoms with Gasteiger partial charge in [0, 0.05) is 13.6 Å². The van der Waals surface area contributed by atoms with Gasteiger partial charge in [0.15, 0.2) is 0 Å². The Morgan fingerprint density at radius 1 is 1.41 bits per heavy atom. The molecule has 0 heterocycles. The third kappa shape index (κ3) is 3.53. The molecule has 0 saturated carbocycles. The van der Waals surface area contributed by atoms with Gasteiger partial charge in [-0.3, -0.25) is 9.59 Å². The number of anilines is 1. The Bertz CT molecular complexity index is 423. The van der Waals surface area contributed by atoms with Crippen LogP contribution in [0, 0.1) is 5.82 Å². The van der Waals surface area contributed by atoms with Gasteiger partial charge in [0.05, 0.1) is 12.3 Å². The number of likely N-dealkylation sites (N-methyl/N-ethyl adjacent to an activating group) is 1. The molecule has 0 aromatic heterocycles. The second-order valence-electron chi connectivity index (χ2n) is 3.38. The zero-order valence-corrected chi connectivity index (χ0v) is 9.31. The minimum Gasteiger partial charge on any atom is -0.395 e. The van der Waals surface area contributed by atoms with Crippen LogP contribution in [0.2, 0.25) is 0 Å². The SMILES string of the molecule is CN(CCO)C(=O)C(=O)Nc1ccccc1F. The lowest BCUT2D eigenvalue weighted by Crippen LogP contribution is -2.38. The lowest BCUT2D eigenvalue weighted by atomic mass is 10.3. The Kier molecular flexibility index (Phi) is 4.59. The molecule has 17 heavy (non-hydrogen) atoms. The average Bonchev–Trinajstić information content (AvgIpc) is 2.31. The number of aliphatic hydroxyl groups excluding tert-OH is 1. The first-order chi connectivity index (χ1) is 8.06. The van der Waals surface area contributed by atoms with Crippen LogP contribution in [-0.4, -0.2) is 42.0 Å². The van der Waals surface area contributed by atoms with Crippen molar-refractivity contribution in [3.63, 3.8) is 0 Å². The number of hydrogen-bond acceptors (Lipinski definition) is 3. The van der Waals surface area contributed by atoms with Crippen LogP contribution in [0.1, 0.15) is 0 Å². The molecule has 0 saturated heterocycles. The Morgan fingerprint density at radius 2 is 2.06 bits per heavy atom. The van der Waals surface area contributed by atoms with Crippen LogP contribution in [-0.2, 0) is 9.59 Å². The summed E-state index contributed by atoms with van der Waals surface area (Å²) in [5, 5.41) is 10.8. The van der Waals surface area contributed by atoms with Crippen molar-refractivity contribution in [3.05, 3.63) is 30.1 Å². The summed E-state index contributed by atoms with van der Waals surface area (Å²) in [6.07, 6.45) is 0. The normalized spacial score (nSPS) is 9.82. The molecule has 5 nitrogen and oxygen atoms in total. The predicted octanol–water partition coefficient (Wildman–Crippen LogP) is 0.215. The highest BCUT2D eigenvalue weighted by molar-refractivity contribution is 6.39. The molecular formula is C11H13FN2O3. The maximum Gasteiger partial charge on any atom is 0.313 e. The van der Waals surface area contributed by atoms with E-state index in [0.717, 1.165) is 4.90 Å². The Balaban J connectivity index is 2.67. The van der Waals surface area contributed by atoms with Gasteiger partial charge in [0.25, 0.3) is 0 Å². The number of benzene rings is 1. The lowest BCUT2D eigenvalue weighted by Gasteiger charge is -2.15. The predicted molar refractivity (Wildman–Crippen MR) is 59.8 cm³/mol. The van der Waals surface area contributed by atoms with E-state index < -0.39 is 17.6 Å². The van der Waals surface area contributed by atoms with E-state index in [9.17, 15) is 14.0 Å². The first-order valence-corrected chi connectivity index (χ1v) is 4.98. The van der Waals surface area contributed by atoms with Gasteiger partial charge in [-0.2, -0.15) is 0 Å². The molecule has 0 radical (unpaired) electrons. The van der Waals surface area contributed by atoms with Gasteiger partial charge in [-0.1, -0.05) is 12.1 Å². The summed E-state index contributed by atoms with van der Waals surface area (Å²) in [5.41, 5.74) is -0.0525. The quantitative estimate of drug-likeness (QED) is 0.742. The van der Waals surface area contributed by atoms with Crippen molar-refractivity contribution in [1.29, 1.82) is 0 Å². The zero-order valence-electron chi connectivity index (χ0n) is 9.31. The summed E-state index contributed by atoms with van der Waals surface area (Å²) in [4.78, 5) is 23.9. The summed E-state index contributed by atoms with van der Waals surface area (Å²) >= 11 is 0. The van der Waals surface area contributed by atoms with Crippen LogP contribution in [0.25, 0.3) is 0 Å². The molecular weight excluding hydrogens is 227 g/mol. The maximum absolute atomic E-state index is 13.2. The minimum atomic E-state index is -0.939. The van der Waals surface area contributed by atoms with E-state index in [1.165, 1.54) is 25.2 Å². The van der Waals surface area contributed by atoms with E-state index in [2.05, 4.69) is 5.32 Å². The van der Waals surface area contributed by atoms with Gasteiger partial charge in [0.2, 0.25) is 0 Å². The number of hydrogen-bond donors (Lipinski definition) is 2.